The summed E-state index contributed by atoms with van der Waals surface area (Å²) in [5, 5.41) is 13.5. The molecule has 25 heavy (non-hydrogen) atoms. The van der Waals surface area contributed by atoms with Gasteiger partial charge in [-0.05, 0) is 43.2 Å². The maximum Gasteiger partial charge on any atom is 0.321 e. The molecule has 2 aromatic rings. The maximum atomic E-state index is 12.3. The van der Waals surface area contributed by atoms with Crippen LogP contribution in [0.2, 0.25) is 0 Å². The second kappa shape index (κ2) is 8.30. The van der Waals surface area contributed by atoms with Crippen LogP contribution in [-0.2, 0) is 6.54 Å². The van der Waals surface area contributed by atoms with E-state index in [0.717, 1.165) is 16.5 Å². The van der Waals surface area contributed by atoms with Crippen molar-refractivity contribution in [3.8, 4) is 5.75 Å². The molecule has 0 heterocycles. The van der Waals surface area contributed by atoms with Crippen LogP contribution in [0, 0.1) is 0 Å². The first-order chi connectivity index (χ1) is 12.1. The highest BCUT2D eigenvalue weighted by atomic mass is 32.2. The van der Waals surface area contributed by atoms with E-state index in [1.165, 1.54) is 30.6 Å². The number of carbonyl (C=O) groups is 1. The summed E-state index contributed by atoms with van der Waals surface area (Å²) >= 11 is 1.94. The highest BCUT2D eigenvalue weighted by Gasteiger charge is 2.16. The molecule has 2 N–H and O–H groups in total. The van der Waals surface area contributed by atoms with Crippen LogP contribution in [-0.4, -0.2) is 28.3 Å². The monoisotopic (exact) mass is 356 g/mol. The van der Waals surface area contributed by atoms with Gasteiger partial charge in [0.05, 0.1) is 6.54 Å². The molecule has 0 radical (unpaired) electrons. The van der Waals surface area contributed by atoms with E-state index in [-0.39, 0.29) is 11.8 Å². The zero-order chi connectivity index (χ0) is 17.6. The molecular formula is C20H24N2O2S. The second-order valence-corrected chi connectivity index (χ2v) is 7.84. The average Bonchev–Trinajstić information content (AvgIpc) is 3.11. The lowest BCUT2D eigenvalue weighted by atomic mass is 10.2. The minimum absolute atomic E-state index is 0.195. The van der Waals surface area contributed by atoms with E-state index in [2.05, 4.69) is 17.4 Å². The van der Waals surface area contributed by atoms with Gasteiger partial charge in [-0.3, -0.25) is 0 Å². The Morgan fingerprint density at radius 3 is 2.52 bits per heavy atom. The summed E-state index contributed by atoms with van der Waals surface area (Å²) in [5.74, 6) is 0.204. The Balaban J connectivity index is 1.54. The van der Waals surface area contributed by atoms with Crippen molar-refractivity contribution in [1.29, 1.82) is 0 Å². The predicted molar refractivity (Wildman–Crippen MR) is 103 cm³/mol. The molecule has 0 unspecified atom stereocenters. The number of nitrogens with one attached hydrogen (secondary N) is 1. The summed E-state index contributed by atoms with van der Waals surface area (Å²) in [5.41, 5.74) is 1.51. The van der Waals surface area contributed by atoms with Gasteiger partial charge in [0.15, 0.2) is 0 Å². The van der Waals surface area contributed by atoms with Crippen molar-refractivity contribution < 1.29 is 9.90 Å². The lowest BCUT2D eigenvalue weighted by Crippen LogP contribution is -2.30. The molecule has 0 bridgehead atoms. The Morgan fingerprint density at radius 2 is 1.84 bits per heavy atom. The molecule has 2 amide bonds. The van der Waals surface area contributed by atoms with Crippen molar-refractivity contribution >= 4 is 23.5 Å². The molecule has 132 valence electrons. The van der Waals surface area contributed by atoms with E-state index in [4.69, 9.17) is 0 Å². The molecule has 1 aliphatic carbocycles. The number of amides is 2. The zero-order valence-electron chi connectivity index (χ0n) is 14.4. The third-order valence-corrected chi connectivity index (χ3v) is 5.81. The van der Waals surface area contributed by atoms with Gasteiger partial charge in [-0.1, -0.05) is 31.0 Å². The van der Waals surface area contributed by atoms with Crippen LogP contribution >= 0.6 is 11.8 Å². The number of phenolic OH excluding ortho intramolecular Hbond substituents is 1. The first-order valence-corrected chi connectivity index (χ1v) is 9.55. The fourth-order valence-corrected chi connectivity index (χ4v) is 4.25. The van der Waals surface area contributed by atoms with Gasteiger partial charge in [-0.25, -0.2) is 4.79 Å². The Hall–Kier alpha value is -2.14. The SMILES string of the molecule is CN(Cc1ccccc1O)C(=O)Nc1ccc(SC2CCCC2)cc1. The number of urea groups is 1. The molecule has 5 heteroatoms. The van der Waals surface area contributed by atoms with Crippen LogP contribution in [0.1, 0.15) is 31.2 Å². The Kier molecular flexibility index (Phi) is 5.87. The number of thioether (sulfide) groups is 1. The van der Waals surface area contributed by atoms with Crippen molar-refractivity contribution in [2.75, 3.05) is 12.4 Å². The van der Waals surface area contributed by atoms with Crippen LogP contribution in [0.25, 0.3) is 0 Å². The van der Waals surface area contributed by atoms with Crippen molar-refractivity contribution in [1.82, 2.24) is 4.90 Å². The van der Waals surface area contributed by atoms with Gasteiger partial charge in [0.2, 0.25) is 0 Å². The maximum absolute atomic E-state index is 12.3. The van der Waals surface area contributed by atoms with Gasteiger partial charge in [0.25, 0.3) is 0 Å². The van der Waals surface area contributed by atoms with E-state index in [9.17, 15) is 9.90 Å². The highest BCUT2D eigenvalue weighted by Crippen LogP contribution is 2.35. The summed E-state index contributed by atoms with van der Waals surface area (Å²) in [4.78, 5) is 15.1. The van der Waals surface area contributed by atoms with Crippen molar-refractivity contribution in [2.24, 2.45) is 0 Å². The number of carbonyl (C=O) groups excluding carboxylic acids is 1. The Bertz CT molecular complexity index is 712. The Labute approximate surface area is 153 Å². The molecule has 4 nitrogen and oxygen atoms in total. The molecular weight excluding hydrogens is 332 g/mol. The van der Waals surface area contributed by atoms with Gasteiger partial charge >= 0.3 is 6.03 Å². The Morgan fingerprint density at radius 1 is 1.16 bits per heavy atom. The molecule has 0 atom stereocenters. The number of phenols is 1. The van der Waals surface area contributed by atoms with Crippen molar-refractivity contribution in [2.45, 2.75) is 42.4 Å². The van der Waals surface area contributed by atoms with Crippen LogP contribution in [0.4, 0.5) is 10.5 Å². The number of para-hydroxylation sites is 1. The largest absolute Gasteiger partial charge is 0.508 e. The summed E-state index contributed by atoms with van der Waals surface area (Å²) in [6.07, 6.45) is 5.30. The minimum Gasteiger partial charge on any atom is -0.508 e. The first-order valence-electron chi connectivity index (χ1n) is 8.67. The predicted octanol–water partition coefficient (Wildman–Crippen LogP) is 5.09. The second-order valence-electron chi connectivity index (χ2n) is 6.46. The molecule has 3 rings (SSSR count). The first kappa shape index (κ1) is 17.7. The normalized spacial score (nSPS) is 14.4. The third-order valence-electron chi connectivity index (χ3n) is 4.46. The van der Waals surface area contributed by atoms with Crippen molar-refractivity contribution in [3.05, 3.63) is 54.1 Å². The van der Waals surface area contributed by atoms with Gasteiger partial charge in [-0.15, -0.1) is 11.8 Å². The van der Waals surface area contributed by atoms with E-state index < -0.39 is 0 Å². The van der Waals surface area contributed by atoms with E-state index in [0.29, 0.717) is 6.54 Å². The van der Waals surface area contributed by atoms with Gasteiger partial charge in [0.1, 0.15) is 5.75 Å². The van der Waals surface area contributed by atoms with Crippen molar-refractivity contribution in [3.63, 3.8) is 0 Å². The number of aromatic hydroxyl groups is 1. The number of rotatable bonds is 5. The molecule has 0 aromatic heterocycles. The number of benzene rings is 2. The summed E-state index contributed by atoms with van der Waals surface area (Å²) in [6, 6.07) is 14.9. The summed E-state index contributed by atoms with van der Waals surface area (Å²) in [6.45, 7) is 0.355. The number of nitrogens with zero attached hydrogens (tertiary/aromatic N) is 1. The number of hydrogen-bond donors (Lipinski definition) is 2. The van der Waals surface area contributed by atoms with Gasteiger partial charge in [-0.2, -0.15) is 0 Å². The number of hydrogen-bond acceptors (Lipinski definition) is 3. The molecule has 1 saturated carbocycles. The van der Waals surface area contributed by atoms with E-state index >= 15 is 0 Å². The van der Waals surface area contributed by atoms with E-state index in [1.54, 1.807) is 24.1 Å². The zero-order valence-corrected chi connectivity index (χ0v) is 15.3. The fourth-order valence-electron chi connectivity index (χ4n) is 3.01. The molecule has 1 fully saturated rings. The number of anilines is 1. The van der Waals surface area contributed by atoms with Crippen LogP contribution in [0.3, 0.4) is 0 Å². The molecule has 0 spiro atoms. The van der Waals surface area contributed by atoms with Crippen LogP contribution in [0.5, 0.6) is 5.75 Å². The molecule has 0 aliphatic heterocycles. The van der Waals surface area contributed by atoms with Gasteiger partial charge in [0, 0.05) is 28.4 Å². The minimum atomic E-state index is -0.195. The lowest BCUT2D eigenvalue weighted by Gasteiger charge is -2.19. The lowest BCUT2D eigenvalue weighted by molar-refractivity contribution is 0.220. The van der Waals surface area contributed by atoms with Crippen LogP contribution in [0.15, 0.2) is 53.4 Å². The molecule has 0 saturated heterocycles. The smallest absolute Gasteiger partial charge is 0.321 e. The fraction of sp³-hybridized carbons (Fsp3) is 0.350. The topological polar surface area (TPSA) is 52.6 Å². The molecule has 2 aromatic carbocycles. The van der Waals surface area contributed by atoms with E-state index in [1.807, 2.05) is 36.0 Å². The summed E-state index contributed by atoms with van der Waals surface area (Å²) in [7, 11) is 1.71. The highest BCUT2D eigenvalue weighted by molar-refractivity contribution is 8.00. The van der Waals surface area contributed by atoms with Crippen LogP contribution < -0.4 is 5.32 Å². The summed E-state index contributed by atoms with van der Waals surface area (Å²) < 4.78 is 0. The standard InChI is InChI=1S/C20H24N2O2S/c1-22(14-15-6-2-5-9-19(15)23)20(24)21-16-10-12-18(13-11-16)25-17-7-3-4-8-17/h2,5-6,9-13,17,23H,3-4,7-8,14H2,1H3,(H,21,24). The quantitative estimate of drug-likeness (QED) is 0.784. The average molecular weight is 356 g/mol. The third kappa shape index (κ3) is 4.92. The van der Waals surface area contributed by atoms with Gasteiger partial charge < -0.3 is 15.3 Å². The molecule has 1 aliphatic rings.